The molecule has 3 fully saturated rings. The minimum Gasteiger partial charge on any atom is -0.353 e. The van der Waals surface area contributed by atoms with Crippen LogP contribution in [0.1, 0.15) is 69.1 Å². The average Bonchev–Trinajstić information content (AvgIpc) is 3.09. The Hall–Kier alpha value is -0.870. The van der Waals surface area contributed by atoms with Crippen LogP contribution in [0.25, 0.3) is 0 Å². The summed E-state index contributed by atoms with van der Waals surface area (Å²) >= 11 is 1.87. The summed E-state index contributed by atoms with van der Waals surface area (Å²) in [5, 5.41) is 5.62. The highest BCUT2D eigenvalue weighted by Crippen LogP contribution is 2.36. The minimum atomic E-state index is 0.294. The van der Waals surface area contributed by atoms with Gasteiger partial charge >= 0.3 is 0 Å². The summed E-state index contributed by atoms with van der Waals surface area (Å²) in [5.41, 5.74) is 0. The van der Waals surface area contributed by atoms with Crippen LogP contribution in [0.5, 0.6) is 0 Å². The Morgan fingerprint density at radius 2 is 1.83 bits per heavy atom. The van der Waals surface area contributed by atoms with Crippen molar-refractivity contribution in [2.45, 2.75) is 88.9 Å². The van der Waals surface area contributed by atoms with E-state index in [0.29, 0.717) is 30.0 Å². The van der Waals surface area contributed by atoms with Crippen LogP contribution >= 0.6 is 11.3 Å². The minimum absolute atomic E-state index is 0.294. The highest BCUT2D eigenvalue weighted by atomic mass is 32.1. The lowest BCUT2D eigenvalue weighted by molar-refractivity contribution is -0.127. The number of piperidine rings is 2. The van der Waals surface area contributed by atoms with Crippen molar-refractivity contribution in [1.82, 2.24) is 10.2 Å². The molecule has 0 radical (unpaired) electrons. The maximum atomic E-state index is 12.6. The average molecular weight is 347 g/mol. The largest absolute Gasteiger partial charge is 0.353 e. The Labute approximate surface area is 149 Å². The Balaban J connectivity index is 1.36. The number of carbonyl (C=O) groups excluding carboxylic acids is 1. The predicted molar refractivity (Wildman–Crippen MR) is 99.0 cm³/mol. The highest BCUT2D eigenvalue weighted by molar-refractivity contribution is 7.09. The third-order valence-corrected chi connectivity index (χ3v) is 7.23. The number of nitrogens with one attached hydrogen (secondary N) is 1. The quantitative estimate of drug-likeness (QED) is 0.880. The topological polar surface area (TPSA) is 32.3 Å². The normalized spacial score (nSPS) is 31.8. The van der Waals surface area contributed by atoms with E-state index in [0.717, 1.165) is 32.2 Å². The Kier molecular flexibility index (Phi) is 5.23. The van der Waals surface area contributed by atoms with Crippen LogP contribution < -0.4 is 5.32 Å². The van der Waals surface area contributed by atoms with Crippen molar-refractivity contribution in [1.29, 1.82) is 0 Å². The maximum absolute atomic E-state index is 12.6. The Bertz CT molecular complexity index is 524. The molecule has 1 amide bonds. The molecule has 1 aromatic heterocycles. The van der Waals surface area contributed by atoms with Gasteiger partial charge in [0.2, 0.25) is 5.91 Å². The van der Waals surface area contributed by atoms with E-state index in [1.807, 2.05) is 11.3 Å². The third-order valence-electron chi connectivity index (χ3n) is 6.37. The molecule has 24 heavy (non-hydrogen) atoms. The monoisotopic (exact) mass is 346 g/mol. The summed E-state index contributed by atoms with van der Waals surface area (Å²) in [6, 6.07) is 6.16. The Morgan fingerprint density at radius 3 is 2.50 bits per heavy atom. The van der Waals surface area contributed by atoms with Crippen LogP contribution in [0.2, 0.25) is 0 Å². The van der Waals surface area contributed by atoms with Crippen LogP contribution in [0.3, 0.4) is 0 Å². The molecule has 3 aliphatic rings. The number of hydrogen-bond acceptors (Lipinski definition) is 3. The van der Waals surface area contributed by atoms with Crippen molar-refractivity contribution in [2.24, 2.45) is 5.92 Å². The molecule has 3 heterocycles. The second kappa shape index (κ2) is 7.57. The van der Waals surface area contributed by atoms with Crippen molar-refractivity contribution in [3.63, 3.8) is 0 Å². The van der Waals surface area contributed by atoms with Gasteiger partial charge in [-0.15, -0.1) is 11.3 Å². The van der Waals surface area contributed by atoms with Gasteiger partial charge in [0, 0.05) is 35.5 Å². The molecule has 0 spiro atoms. The molecule has 2 atom stereocenters. The summed E-state index contributed by atoms with van der Waals surface area (Å²) in [4.78, 5) is 16.8. The van der Waals surface area contributed by atoms with Gasteiger partial charge in [-0.1, -0.05) is 31.7 Å². The van der Waals surface area contributed by atoms with Crippen LogP contribution in [-0.2, 0) is 11.3 Å². The predicted octanol–water partition coefficient (Wildman–Crippen LogP) is 4.33. The summed E-state index contributed by atoms with van der Waals surface area (Å²) in [7, 11) is 0. The smallest absolute Gasteiger partial charge is 0.223 e. The van der Waals surface area contributed by atoms with Crippen molar-refractivity contribution in [3.8, 4) is 0 Å². The fourth-order valence-corrected chi connectivity index (χ4v) is 5.83. The van der Waals surface area contributed by atoms with Crippen molar-refractivity contribution < 1.29 is 4.79 Å². The number of rotatable bonds is 4. The number of nitrogens with zero attached hydrogens (tertiary/aromatic N) is 1. The molecular formula is C20H30N2OS. The van der Waals surface area contributed by atoms with Crippen LogP contribution in [0.15, 0.2) is 17.5 Å². The zero-order valence-corrected chi connectivity index (χ0v) is 15.4. The lowest BCUT2D eigenvalue weighted by atomic mass is 9.81. The van der Waals surface area contributed by atoms with Crippen molar-refractivity contribution in [3.05, 3.63) is 22.4 Å². The SMILES string of the molecule is O=C(NC1C[C@H]2CCC[C@H](C1)N2Cc1cccs1)C1CCCCC1. The molecule has 3 nitrogen and oxygen atoms in total. The molecule has 1 N–H and O–H groups in total. The van der Waals surface area contributed by atoms with Gasteiger partial charge in [0.15, 0.2) is 0 Å². The second-order valence-electron chi connectivity index (χ2n) is 8.00. The van der Waals surface area contributed by atoms with Gasteiger partial charge in [-0.25, -0.2) is 0 Å². The fourth-order valence-electron chi connectivity index (χ4n) is 5.12. The van der Waals surface area contributed by atoms with E-state index in [1.54, 1.807) is 0 Å². The zero-order chi connectivity index (χ0) is 16.4. The number of amides is 1. The van der Waals surface area contributed by atoms with Crippen molar-refractivity contribution >= 4 is 17.2 Å². The van der Waals surface area contributed by atoms with Crippen LogP contribution in [0.4, 0.5) is 0 Å². The van der Waals surface area contributed by atoms with Gasteiger partial charge in [0.25, 0.3) is 0 Å². The lowest BCUT2D eigenvalue weighted by Crippen LogP contribution is -2.56. The first kappa shape index (κ1) is 16.6. The first-order chi connectivity index (χ1) is 11.8. The lowest BCUT2D eigenvalue weighted by Gasteiger charge is -2.49. The molecular weight excluding hydrogens is 316 g/mol. The standard InChI is InChI=1S/C20H30N2OS/c23-20(15-6-2-1-3-7-15)21-16-12-17-8-4-9-18(13-16)22(17)14-19-10-5-11-24-19/h5,10-11,15-18H,1-4,6-9,12-14H2,(H,21,23)/t17-,18-/m1/s1. The van der Waals surface area contributed by atoms with Gasteiger partial charge in [-0.3, -0.25) is 9.69 Å². The first-order valence-corrected chi connectivity index (χ1v) is 10.8. The molecule has 2 saturated heterocycles. The van der Waals surface area contributed by atoms with E-state index in [4.69, 9.17) is 0 Å². The molecule has 1 aromatic rings. The number of fused-ring (bicyclic) bond motifs is 2. The first-order valence-electron chi connectivity index (χ1n) is 9.88. The summed E-state index contributed by atoms with van der Waals surface area (Å²) in [6.07, 6.45) is 12.3. The third kappa shape index (κ3) is 3.70. The molecule has 4 rings (SSSR count). The van der Waals surface area contributed by atoms with E-state index in [9.17, 15) is 4.79 Å². The molecule has 1 aliphatic carbocycles. The van der Waals surface area contributed by atoms with Gasteiger partial charge in [-0.05, 0) is 50.0 Å². The number of thiophene rings is 1. The molecule has 2 bridgehead atoms. The summed E-state index contributed by atoms with van der Waals surface area (Å²) in [5.74, 6) is 0.646. The molecule has 0 unspecified atom stereocenters. The number of hydrogen-bond donors (Lipinski definition) is 1. The fraction of sp³-hybridized carbons (Fsp3) is 0.750. The van der Waals surface area contributed by atoms with E-state index in [2.05, 4.69) is 27.7 Å². The van der Waals surface area contributed by atoms with E-state index in [-0.39, 0.29) is 0 Å². The van der Waals surface area contributed by atoms with Crippen LogP contribution in [-0.4, -0.2) is 28.9 Å². The molecule has 0 aromatic carbocycles. The van der Waals surface area contributed by atoms with E-state index in [1.165, 1.54) is 43.4 Å². The van der Waals surface area contributed by atoms with E-state index >= 15 is 0 Å². The number of carbonyl (C=O) groups is 1. The summed E-state index contributed by atoms with van der Waals surface area (Å²) in [6.45, 7) is 1.11. The zero-order valence-electron chi connectivity index (χ0n) is 14.6. The van der Waals surface area contributed by atoms with Gasteiger partial charge in [0.05, 0.1) is 0 Å². The van der Waals surface area contributed by atoms with Gasteiger partial charge in [-0.2, -0.15) is 0 Å². The molecule has 2 aliphatic heterocycles. The Morgan fingerprint density at radius 1 is 1.08 bits per heavy atom. The maximum Gasteiger partial charge on any atom is 0.223 e. The van der Waals surface area contributed by atoms with Gasteiger partial charge < -0.3 is 5.32 Å². The molecule has 4 heteroatoms. The van der Waals surface area contributed by atoms with Gasteiger partial charge in [0.1, 0.15) is 0 Å². The van der Waals surface area contributed by atoms with Crippen molar-refractivity contribution in [2.75, 3.05) is 0 Å². The molecule has 1 saturated carbocycles. The van der Waals surface area contributed by atoms with E-state index < -0.39 is 0 Å². The van der Waals surface area contributed by atoms with Crippen LogP contribution in [0, 0.1) is 5.92 Å². The molecule has 132 valence electrons. The second-order valence-corrected chi connectivity index (χ2v) is 9.03. The highest BCUT2D eigenvalue weighted by Gasteiger charge is 2.39. The summed E-state index contributed by atoms with van der Waals surface area (Å²) < 4.78 is 0.